The Morgan fingerprint density at radius 1 is 1.47 bits per heavy atom. The second-order valence-corrected chi connectivity index (χ2v) is 3.48. The van der Waals surface area contributed by atoms with Gasteiger partial charge in [-0.05, 0) is 13.3 Å². The summed E-state index contributed by atoms with van der Waals surface area (Å²) in [6, 6.07) is -1.38. The molecule has 2 amide bonds. The van der Waals surface area contributed by atoms with Crippen LogP contribution >= 0.6 is 0 Å². The minimum absolute atomic E-state index is 0.169. The van der Waals surface area contributed by atoms with E-state index in [2.05, 4.69) is 5.32 Å². The van der Waals surface area contributed by atoms with Gasteiger partial charge in [0, 0.05) is 13.6 Å². The number of aliphatic hydroxyl groups is 1. The Morgan fingerprint density at radius 2 is 2.00 bits per heavy atom. The number of aliphatic carboxylic acids is 1. The fourth-order valence-corrected chi connectivity index (χ4v) is 1.08. The molecular formula is C9H18N2O4. The molecule has 0 aliphatic rings. The summed E-state index contributed by atoms with van der Waals surface area (Å²) in [6.45, 7) is 3.40. The minimum atomic E-state index is -1.06. The van der Waals surface area contributed by atoms with Gasteiger partial charge in [-0.25, -0.2) is 9.59 Å². The number of nitrogens with one attached hydrogen (secondary N) is 1. The van der Waals surface area contributed by atoms with Crippen LogP contribution < -0.4 is 5.32 Å². The van der Waals surface area contributed by atoms with Gasteiger partial charge in [-0.3, -0.25) is 0 Å². The molecule has 2 atom stereocenters. The van der Waals surface area contributed by atoms with Gasteiger partial charge in [0.1, 0.15) is 6.04 Å². The highest BCUT2D eigenvalue weighted by atomic mass is 16.4. The summed E-state index contributed by atoms with van der Waals surface area (Å²) in [4.78, 5) is 23.3. The van der Waals surface area contributed by atoms with E-state index in [4.69, 9.17) is 10.2 Å². The lowest BCUT2D eigenvalue weighted by Gasteiger charge is -2.21. The number of carboxylic acid groups (broad SMARTS) is 1. The second-order valence-electron chi connectivity index (χ2n) is 3.48. The molecule has 0 aromatic rings. The van der Waals surface area contributed by atoms with Crippen LogP contribution in [0, 0.1) is 0 Å². The van der Waals surface area contributed by atoms with E-state index in [1.165, 1.54) is 11.9 Å². The van der Waals surface area contributed by atoms with Crippen LogP contribution in [-0.4, -0.2) is 52.9 Å². The van der Waals surface area contributed by atoms with E-state index in [9.17, 15) is 9.59 Å². The predicted octanol–water partition coefficient (Wildman–Crippen LogP) is -0.128. The van der Waals surface area contributed by atoms with Crippen molar-refractivity contribution in [2.75, 3.05) is 13.6 Å². The van der Waals surface area contributed by atoms with Crippen LogP contribution in [0.4, 0.5) is 4.79 Å². The standard InChI is InChI=1S/C9H18N2O4/c1-4-7(8(13)14)10-9(15)11(3)5-6(2)12/h6-7,12H,4-5H2,1-3H3,(H,10,15)(H,13,14)/t6?,7-/m0/s1. The molecule has 0 aromatic heterocycles. The van der Waals surface area contributed by atoms with Crippen molar-refractivity contribution in [3.63, 3.8) is 0 Å². The van der Waals surface area contributed by atoms with E-state index >= 15 is 0 Å². The third-order valence-electron chi connectivity index (χ3n) is 1.89. The smallest absolute Gasteiger partial charge is 0.326 e. The maximum atomic E-state index is 11.4. The molecule has 0 fully saturated rings. The van der Waals surface area contributed by atoms with Gasteiger partial charge in [-0.1, -0.05) is 6.92 Å². The van der Waals surface area contributed by atoms with Crippen molar-refractivity contribution in [1.82, 2.24) is 10.2 Å². The van der Waals surface area contributed by atoms with Crippen LogP contribution in [0.5, 0.6) is 0 Å². The van der Waals surface area contributed by atoms with Crippen LogP contribution in [0.2, 0.25) is 0 Å². The molecule has 3 N–H and O–H groups in total. The number of urea groups is 1. The molecule has 0 saturated carbocycles. The molecule has 88 valence electrons. The van der Waals surface area contributed by atoms with Gasteiger partial charge < -0.3 is 20.4 Å². The summed E-state index contributed by atoms with van der Waals surface area (Å²) >= 11 is 0. The first-order valence-corrected chi connectivity index (χ1v) is 4.81. The highest BCUT2D eigenvalue weighted by Gasteiger charge is 2.19. The van der Waals surface area contributed by atoms with E-state index in [1.54, 1.807) is 13.8 Å². The molecular weight excluding hydrogens is 200 g/mol. The molecule has 0 aliphatic carbocycles. The Hall–Kier alpha value is -1.30. The summed E-state index contributed by atoms with van der Waals surface area (Å²) in [6.07, 6.45) is -0.311. The lowest BCUT2D eigenvalue weighted by molar-refractivity contribution is -0.139. The molecule has 0 spiro atoms. The first-order valence-electron chi connectivity index (χ1n) is 4.81. The SMILES string of the molecule is CC[C@H](NC(=O)N(C)CC(C)O)C(=O)O. The zero-order chi connectivity index (χ0) is 12.0. The average molecular weight is 218 g/mol. The average Bonchev–Trinajstić information content (AvgIpc) is 2.11. The Balaban J connectivity index is 4.16. The van der Waals surface area contributed by atoms with Gasteiger partial charge in [0.2, 0.25) is 0 Å². The Labute approximate surface area is 88.9 Å². The van der Waals surface area contributed by atoms with Gasteiger partial charge in [0.05, 0.1) is 6.10 Å². The number of aliphatic hydroxyl groups excluding tert-OH is 1. The van der Waals surface area contributed by atoms with E-state index in [0.29, 0.717) is 6.42 Å². The highest BCUT2D eigenvalue weighted by Crippen LogP contribution is 1.95. The molecule has 0 aliphatic heterocycles. The normalized spacial score (nSPS) is 14.1. The van der Waals surface area contributed by atoms with Crippen LogP contribution in [0.25, 0.3) is 0 Å². The van der Waals surface area contributed by atoms with Crippen LogP contribution in [0.3, 0.4) is 0 Å². The molecule has 0 rings (SSSR count). The Kier molecular flexibility index (Phi) is 5.69. The van der Waals surface area contributed by atoms with Crippen molar-refractivity contribution in [3.8, 4) is 0 Å². The lowest BCUT2D eigenvalue weighted by Crippen LogP contribution is -2.47. The summed E-state index contributed by atoms with van der Waals surface area (Å²) in [5.74, 6) is -1.06. The second kappa shape index (κ2) is 6.23. The van der Waals surface area contributed by atoms with Crippen molar-refractivity contribution in [2.24, 2.45) is 0 Å². The molecule has 0 aromatic carbocycles. The fourth-order valence-electron chi connectivity index (χ4n) is 1.08. The Bertz CT molecular complexity index is 230. The monoisotopic (exact) mass is 218 g/mol. The van der Waals surface area contributed by atoms with E-state index in [-0.39, 0.29) is 6.54 Å². The van der Waals surface area contributed by atoms with Crippen molar-refractivity contribution < 1.29 is 19.8 Å². The topological polar surface area (TPSA) is 89.9 Å². The number of likely N-dealkylation sites (N-methyl/N-ethyl adjacent to an activating group) is 1. The molecule has 0 bridgehead atoms. The molecule has 1 unspecified atom stereocenters. The van der Waals surface area contributed by atoms with Gasteiger partial charge in [0.15, 0.2) is 0 Å². The molecule has 0 saturated heterocycles. The summed E-state index contributed by atoms with van der Waals surface area (Å²) in [5, 5.41) is 20.1. The highest BCUT2D eigenvalue weighted by molar-refractivity contribution is 5.82. The van der Waals surface area contributed by atoms with E-state index in [1.807, 2.05) is 0 Å². The van der Waals surface area contributed by atoms with E-state index < -0.39 is 24.1 Å². The number of carbonyl (C=O) groups excluding carboxylic acids is 1. The lowest BCUT2D eigenvalue weighted by atomic mass is 10.2. The Morgan fingerprint density at radius 3 is 2.33 bits per heavy atom. The first-order chi connectivity index (χ1) is 6.88. The van der Waals surface area contributed by atoms with Crippen LogP contribution in [0.15, 0.2) is 0 Å². The number of carboxylic acids is 1. The predicted molar refractivity (Wildman–Crippen MR) is 54.6 cm³/mol. The zero-order valence-electron chi connectivity index (χ0n) is 9.23. The van der Waals surface area contributed by atoms with E-state index in [0.717, 1.165) is 0 Å². The number of hydrogen-bond donors (Lipinski definition) is 3. The number of nitrogens with zero attached hydrogens (tertiary/aromatic N) is 1. The summed E-state index contributed by atoms with van der Waals surface area (Å²) < 4.78 is 0. The summed E-state index contributed by atoms with van der Waals surface area (Å²) in [5.41, 5.74) is 0. The molecule has 15 heavy (non-hydrogen) atoms. The maximum Gasteiger partial charge on any atom is 0.326 e. The van der Waals surface area contributed by atoms with Gasteiger partial charge >= 0.3 is 12.0 Å². The largest absolute Gasteiger partial charge is 0.480 e. The number of rotatable bonds is 5. The number of hydrogen-bond acceptors (Lipinski definition) is 3. The van der Waals surface area contributed by atoms with Crippen molar-refractivity contribution in [1.29, 1.82) is 0 Å². The van der Waals surface area contributed by atoms with Crippen molar-refractivity contribution in [3.05, 3.63) is 0 Å². The number of carbonyl (C=O) groups is 2. The first kappa shape index (κ1) is 13.7. The molecule has 0 heterocycles. The van der Waals surface area contributed by atoms with Crippen LogP contribution in [0.1, 0.15) is 20.3 Å². The van der Waals surface area contributed by atoms with Crippen molar-refractivity contribution in [2.45, 2.75) is 32.4 Å². The van der Waals surface area contributed by atoms with Crippen molar-refractivity contribution >= 4 is 12.0 Å². The molecule has 6 heteroatoms. The van der Waals surface area contributed by atoms with Gasteiger partial charge in [0.25, 0.3) is 0 Å². The van der Waals surface area contributed by atoms with Gasteiger partial charge in [-0.15, -0.1) is 0 Å². The molecule has 6 nitrogen and oxygen atoms in total. The van der Waals surface area contributed by atoms with Crippen LogP contribution in [-0.2, 0) is 4.79 Å². The number of amides is 2. The maximum absolute atomic E-state index is 11.4. The minimum Gasteiger partial charge on any atom is -0.480 e. The summed E-state index contributed by atoms with van der Waals surface area (Å²) in [7, 11) is 1.50. The third kappa shape index (κ3) is 5.21. The van der Waals surface area contributed by atoms with Gasteiger partial charge in [-0.2, -0.15) is 0 Å². The molecule has 0 radical (unpaired) electrons. The third-order valence-corrected chi connectivity index (χ3v) is 1.89. The zero-order valence-corrected chi connectivity index (χ0v) is 9.23. The quantitative estimate of drug-likeness (QED) is 0.599. The fraction of sp³-hybridized carbons (Fsp3) is 0.778.